The van der Waals surface area contributed by atoms with Gasteiger partial charge in [0, 0.05) is 0 Å². The lowest BCUT2D eigenvalue weighted by Gasteiger charge is -2.16. The van der Waals surface area contributed by atoms with Crippen LogP contribution in [0.2, 0.25) is 5.02 Å². The van der Waals surface area contributed by atoms with Gasteiger partial charge in [-0.15, -0.1) is 0 Å². The second-order valence-corrected chi connectivity index (χ2v) is 5.01. The minimum atomic E-state index is -0.257. The predicted octanol–water partition coefficient (Wildman–Crippen LogP) is 3.71. The monoisotopic (exact) mass is 291 g/mol. The number of methoxy groups -OCH3 is 2. The summed E-state index contributed by atoms with van der Waals surface area (Å²) in [4.78, 5) is 0. The van der Waals surface area contributed by atoms with Crippen LogP contribution in [0.3, 0.4) is 0 Å². The molecule has 0 heterocycles. The number of hydrogen-bond acceptors (Lipinski definition) is 3. The first-order chi connectivity index (χ1) is 9.56. The first-order valence-electron chi connectivity index (χ1n) is 6.30. The van der Waals surface area contributed by atoms with Crippen molar-refractivity contribution in [1.29, 1.82) is 0 Å². The van der Waals surface area contributed by atoms with Crippen molar-refractivity contribution in [3.05, 3.63) is 58.1 Å². The molecule has 0 spiro atoms. The SMILES string of the molecule is COc1cc(C(N)c2ccc(OC)c(Cl)c2)ccc1C. The quantitative estimate of drug-likeness (QED) is 0.934. The molecular formula is C16H18ClNO2. The number of hydrogen-bond donors (Lipinski definition) is 1. The van der Waals surface area contributed by atoms with Gasteiger partial charge in [-0.1, -0.05) is 29.8 Å². The number of ether oxygens (including phenoxy) is 2. The molecule has 2 N–H and O–H groups in total. The first-order valence-corrected chi connectivity index (χ1v) is 6.68. The summed E-state index contributed by atoms with van der Waals surface area (Å²) < 4.78 is 10.5. The zero-order valence-corrected chi connectivity index (χ0v) is 12.6. The molecule has 2 aromatic rings. The normalized spacial score (nSPS) is 12.1. The molecule has 0 aliphatic carbocycles. The highest BCUT2D eigenvalue weighted by molar-refractivity contribution is 6.32. The van der Waals surface area contributed by atoms with Gasteiger partial charge in [0.05, 0.1) is 25.3 Å². The predicted molar refractivity (Wildman–Crippen MR) is 81.8 cm³/mol. The maximum atomic E-state index is 6.30. The Bertz CT molecular complexity index is 613. The van der Waals surface area contributed by atoms with Gasteiger partial charge >= 0.3 is 0 Å². The maximum Gasteiger partial charge on any atom is 0.137 e. The van der Waals surface area contributed by atoms with E-state index in [1.54, 1.807) is 14.2 Å². The molecule has 0 aliphatic rings. The van der Waals surface area contributed by atoms with E-state index in [9.17, 15) is 0 Å². The van der Waals surface area contributed by atoms with Crippen LogP contribution in [0.15, 0.2) is 36.4 Å². The van der Waals surface area contributed by atoms with E-state index in [1.165, 1.54) is 0 Å². The highest BCUT2D eigenvalue weighted by atomic mass is 35.5. The van der Waals surface area contributed by atoms with Crippen molar-refractivity contribution >= 4 is 11.6 Å². The molecule has 0 aromatic heterocycles. The smallest absolute Gasteiger partial charge is 0.137 e. The van der Waals surface area contributed by atoms with Gasteiger partial charge in [0.15, 0.2) is 0 Å². The van der Waals surface area contributed by atoms with Crippen LogP contribution in [0, 0.1) is 6.92 Å². The summed E-state index contributed by atoms with van der Waals surface area (Å²) in [5, 5.41) is 0.555. The highest BCUT2D eigenvalue weighted by Gasteiger charge is 2.13. The van der Waals surface area contributed by atoms with E-state index in [-0.39, 0.29) is 6.04 Å². The van der Waals surface area contributed by atoms with E-state index in [0.29, 0.717) is 10.8 Å². The van der Waals surface area contributed by atoms with Crippen LogP contribution in [-0.4, -0.2) is 14.2 Å². The average Bonchev–Trinajstić information content (AvgIpc) is 2.47. The Balaban J connectivity index is 2.35. The van der Waals surface area contributed by atoms with Crippen LogP contribution in [-0.2, 0) is 0 Å². The lowest BCUT2D eigenvalue weighted by Crippen LogP contribution is -2.12. The highest BCUT2D eigenvalue weighted by Crippen LogP contribution is 2.31. The van der Waals surface area contributed by atoms with Crippen molar-refractivity contribution in [2.24, 2.45) is 5.73 Å². The molecule has 0 fully saturated rings. The van der Waals surface area contributed by atoms with Gasteiger partial charge in [-0.25, -0.2) is 0 Å². The largest absolute Gasteiger partial charge is 0.496 e. The fraction of sp³-hybridized carbons (Fsp3) is 0.250. The first kappa shape index (κ1) is 14.7. The molecule has 0 saturated heterocycles. The Morgan fingerprint density at radius 1 is 0.950 bits per heavy atom. The molecular weight excluding hydrogens is 274 g/mol. The molecule has 1 atom stereocenters. The standard InChI is InChI=1S/C16H18ClNO2/c1-10-4-5-12(9-15(10)20-3)16(18)11-6-7-14(19-2)13(17)8-11/h4-9,16H,18H2,1-3H3. The summed E-state index contributed by atoms with van der Waals surface area (Å²) in [7, 11) is 3.24. The molecule has 0 saturated carbocycles. The molecule has 2 rings (SSSR count). The van der Waals surface area contributed by atoms with Crippen molar-refractivity contribution in [3.63, 3.8) is 0 Å². The third kappa shape index (κ3) is 2.89. The van der Waals surface area contributed by atoms with Gasteiger partial charge < -0.3 is 15.2 Å². The van der Waals surface area contributed by atoms with Crippen molar-refractivity contribution in [2.45, 2.75) is 13.0 Å². The second kappa shape index (κ2) is 6.16. The molecule has 2 aromatic carbocycles. The average molecular weight is 292 g/mol. The van der Waals surface area contributed by atoms with E-state index in [2.05, 4.69) is 0 Å². The zero-order chi connectivity index (χ0) is 14.7. The molecule has 0 bridgehead atoms. The van der Waals surface area contributed by atoms with Crippen LogP contribution in [0.5, 0.6) is 11.5 Å². The summed E-state index contributed by atoms with van der Waals surface area (Å²) in [6.07, 6.45) is 0. The van der Waals surface area contributed by atoms with Crippen molar-refractivity contribution in [3.8, 4) is 11.5 Å². The fourth-order valence-corrected chi connectivity index (χ4v) is 2.36. The number of rotatable bonds is 4. The van der Waals surface area contributed by atoms with Crippen LogP contribution in [0.25, 0.3) is 0 Å². The summed E-state index contributed by atoms with van der Waals surface area (Å²) >= 11 is 6.14. The Hall–Kier alpha value is -1.71. The third-order valence-electron chi connectivity index (χ3n) is 3.33. The van der Waals surface area contributed by atoms with Gasteiger partial charge in [-0.05, 0) is 41.8 Å². The number of halogens is 1. The van der Waals surface area contributed by atoms with E-state index in [4.69, 9.17) is 26.8 Å². The Morgan fingerprint density at radius 3 is 2.15 bits per heavy atom. The molecule has 0 aliphatic heterocycles. The zero-order valence-electron chi connectivity index (χ0n) is 11.8. The molecule has 3 nitrogen and oxygen atoms in total. The van der Waals surface area contributed by atoms with Gasteiger partial charge in [0.2, 0.25) is 0 Å². The Labute approximate surface area is 124 Å². The molecule has 0 amide bonds. The van der Waals surface area contributed by atoms with Crippen LogP contribution >= 0.6 is 11.6 Å². The molecule has 106 valence electrons. The van der Waals surface area contributed by atoms with Crippen LogP contribution < -0.4 is 15.2 Å². The third-order valence-corrected chi connectivity index (χ3v) is 3.62. The summed E-state index contributed by atoms with van der Waals surface area (Å²) in [6.45, 7) is 2.00. The van der Waals surface area contributed by atoms with E-state index in [0.717, 1.165) is 22.4 Å². The molecule has 0 radical (unpaired) electrons. The van der Waals surface area contributed by atoms with Gasteiger partial charge in [-0.2, -0.15) is 0 Å². The van der Waals surface area contributed by atoms with E-state index in [1.807, 2.05) is 43.3 Å². The summed E-state index contributed by atoms with van der Waals surface area (Å²) in [6, 6.07) is 11.3. The lowest BCUT2D eigenvalue weighted by molar-refractivity contribution is 0.411. The van der Waals surface area contributed by atoms with Gasteiger partial charge in [0.1, 0.15) is 11.5 Å². The Morgan fingerprint density at radius 2 is 1.55 bits per heavy atom. The van der Waals surface area contributed by atoms with Crippen LogP contribution in [0.1, 0.15) is 22.7 Å². The fourth-order valence-electron chi connectivity index (χ4n) is 2.10. The van der Waals surface area contributed by atoms with E-state index >= 15 is 0 Å². The van der Waals surface area contributed by atoms with Gasteiger partial charge in [0.25, 0.3) is 0 Å². The number of nitrogens with two attached hydrogens (primary N) is 1. The minimum absolute atomic E-state index is 0.257. The Kier molecular flexibility index (Phi) is 4.53. The summed E-state index contributed by atoms with van der Waals surface area (Å²) in [5.41, 5.74) is 9.29. The minimum Gasteiger partial charge on any atom is -0.496 e. The number of aryl methyl sites for hydroxylation is 1. The van der Waals surface area contributed by atoms with Crippen LogP contribution in [0.4, 0.5) is 0 Å². The van der Waals surface area contributed by atoms with E-state index < -0.39 is 0 Å². The number of benzene rings is 2. The van der Waals surface area contributed by atoms with Crippen molar-refractivity contribution < 1.29 is 9.47 Å². The summed E-state index contributed by atoms with van der Waals surface area (Å²) in [5.74, 6) is 1.47. The second-order valence-electron chi connectivity index (χ2n) is 4.60. The van der Waals surface area contributed by atoms with Crippen molar-refractivity contribution in [2.75, 3.05) is 14.2 Å². The maximum absolute atomic E-state index is 6.30. The topological polar surface area (TPSA) is 44.5 Å². The molecule has 20 heavy (non-hydrogen) atoms. The molecule has 4 heteroatoms. The lowest BCUT2D eigenvalue weighted by atomic mass is 9.98. The molecule has 1 unspecified atom stereocenters. The van der Waals surface area contributed by atoms with Crippen molar-refractivity contribution in [1.82, 2.24) is 0 Å². The van der Waals surface area contributed by atoms with Gasteiger partial charge in [-0.3, -0.25) is 0 Å².